The first-order valence-electron chi connectivity index (χ1n) is 11.6. The number of nitrogens with zero attached hydrogens (tertiary/aromatic N) is 4. The summed E-state index contributed by atoms with van der Waals surface area (Å²) in [6.45, 7) is 8.60. The highest BCUT2D eigenvalue weighted by atomic mass is 35.5. The number of aromatic nitrogens is 2. The van der Waals surface area contributed by atoms with Gasteiger partial charge in [-0.3, -0.25) is 14.5 Å². The number of carbonyl (C=O) groups is 2. The number of benzene rings is 1. The fraction of sp³-hybridized carbons (Fsp3) is 0.480. The molecular weight excluding hydrogens is 454 g/mol. The molecule has 0 bridgehead atoms. The molecule has 0 unspecified atom stereocenters. The number of methoxy groups -OCH3 is 1. The summed E-state index contributed by atoms with van der Waals surface area (Å²) in [5.74, 6) is -0.0611. The molecule has 1 aliphatic heterocycles. The third kappa shape index (κ3) is 7.41. The minimum atomic E-state index is -0.0644. The lowest BCUT2D eigenvalue weighted by atomic mass is 10.1. The number of piperazine rings is 1. The molecule has 1 aromatic heterocycles. The van der Waals surface area contributed by atoms with E-state index in [1.165, 1.54) is 5.56 Å². The van der Waals surface area contributed by atoms with Crippen LogP contribution in [0, 0.1) is 13.8 Å². The lowest BCUT2D eigenvalue weighted by Crippen LogP contribution is -2.50. The highest BCUT2D eigenvalue weighted by Crippen LogP contribution is 2.22. The summed E-state index contributed by atoms with van der Waals surface area (Å²) < 4.78 is 6.74. The van der Waals surface area contributed by atoms with Gasteiger partial charge >= 0.3 is 0 Å². The molecule has 1 saturated heterocycles. The Kier molecular flexibility index (Phi) is 9.68. The summed E-state index contributed by atoms with van der Waals surface area (Å²) in [5.41, 5.74) is 3.85. The molecule has 9 heteroatoms. The summed E-state index contributed by atoms with van der Waals surface area (Å²) in [4.78, 5) is 28.6. The average Bonchev–Trinajstić information content (AvgIpc) is 3.09. The van der Waals surface area contributed by atoms with E-state index in [2.05, 4.69) is 46.5 Å². The molecule has 184 valence electrons. The fourth-order valence-corrected chi connectivity index (χ4v) is 4.11. The number of hydrogen-bond acceptors (Lipinski definition) is 5. The van der Waals surface area contributed by atoms with Crippen LogP contribution < -0.4 is 5.32 Å². The van der Waals surface area contributed by atoms with Gasteiger partial charge in [-0.15, -0.1) is 0 Å². The molecule has 0 spiro atoms. The van der Waals surface area contributed by atoms with E-state index in [0.29, 0.717) is 57.6 Å². The van der Waals surface area contributed by atoms with Crippen molar-refractivity contribution in [2.45, 2.75) is 26.8 Å². The van der Waals surface area contributed by atoms with Crippen molar-refractivity contribution >= 4 is 29.5 Å². The number of rotatable bonds is 10. The van der Waals surface area contributed by atoms with Crippen LogP contribution in [0.25, 0.3) is 6.08 Å². The van der Waals surface area contributed by atoms with E-state index in [1.807, 2.05) is 6.92 Å². The Labute approximate surface area is 206 Å². The second-order valence-corrected chi connectivity index (χ2v) is 8.92. The first kappa shape index (κ1) is 25.9. The fourth-order valence-electron chi connectivity index (χ4n) is 3.82. The zero-order valence-corrected chi connectivity index (χ0v) is 21.0. The lowest BCUT2D eigenvalue weighted by molar-refractivity contribution is -0.128. The average molecular weight is 488 g/mol. The van der Waals surface area contributed by atoms with Crippen LogP contribution in [0.15, 0.2) is 30.3 Å². The van der Waals surface area contributed by atoms with Crippen molar-refractivity contribution in [1.29, 1.82) is 0 Å². The molecule has 1 aliphatic rings. The third-order valence-electron chi connectivity index (χ3n) is 5.85. The van der Waals surface area contributed by atoms with Gasteiger partial charge in [-0.2, -0.15) is 5.10 Å². The van der Waals surface area contributed by atoms with Crippen LogP contribution in [0.4, 0.5) is 0 Å². The molecule has 8 nitrogen and oxygen atoms in total. The van der Waals surface area contributed by atoms with Gasteiger partial charge in [-0.05, 0) is 31.9 Å². The van der Waals surface area contributed by atoms with Gasteiger partial charge in [0.25, 0.3) is 0 Å². The van der Waals surface area contributed by atoms with E-state index in [1.54, 1.807) is 28.8 Å². The van der Waals surface area contributed by atoms with E-state index in [9.17, 15) is 9.59 Å². The van der Waals surface area contributed by atoms with Crippen LogP contribution in [0.2, 0.25) is 5.15 Å². The molecule has 1 N–H and O–H groups in total. The normalized spacial score (nSPS) is 14.6. The van der Waals surface area contributed by atoms with Crippen molar-refractivity contribution in [2.75, 3.05) is 53.0 Å². The Morgan fingerprint density at radius 3 is 2.53 bits per heavy atom. The zero-order valence-electron chi connectivity index (χ0n) is 20.2. The van der Waals surface area contributed by atoms with E-state index in [0.717, 1.165) is 23.2 Å². The topological polar surface area (TPSA) is 79.7 Å². The number of amides is 2. The minimum Gasteiger partial charge on any atom is -0.385 e. The smallest absolute Gasteiger partial charge is 0.246 e. The number of aryl methyl sites for hydroxylation is 2. The van der Waals surface area contributed by atoms with Crippen LogP contribution in [0.3, 0.4) is 0 Å². The van der Waals surface area contributed by atoms with Crippen molar-refractivity contribution in [1.82, 2.24) is 24.9 Å². The largest absolute Gasteiger partial charge is 0.385 e. The molecule has 1 aromatic carbocycles. The summed E-state index contributed by atoms with van der Waals surface area (Å²) in [6, 6.07) is 8.25. The summed E-state index contributed by atoms with van der Waals surface area (Å²) in [7, 11) is 1.65. The molecule has 1 fully saturated rings. The van der Waals surface area contributed by atoms with E-state index >= 15 is 0 Å². The first-order valence-corrected chi connectivity index (χ1v) is 12.0. The van der Waals surface area contributed by atoms with Gasteiger partial charge in [0, 0.05) is 58.1 Å². The van der Waals surface area contributed by atoms with Crippen molar-refractivity contribution < 1.29 is 14.3 Å². The van der Waals surface area contributed by atoms with E-state index in [-0.39, 0.29) is 11.8 Å². The molecule has 0 aliphatic carbocycles. The number of nitrogens with one attached hydrogen (secondary N) is 1. The molecule has 0 saturated carbocycles. The van der Waals surface area contributed by atoms with Crippen LogP contribution in [-0.4, -0.2) is 84.4 Å². The Hall–Kier alpha value is -2.68. The van der Waals surface area contributed by atoms with Gasteiger partial charge in [0.2, 0.25) is 11.8 Å². The maximum absolute atomic E-state index is 12.7. The van der Waals surface area contributed by atoms with Gasteiger partial charge < -0.3 is 15.0 Å². The second-order valence-electron chi connectivity index (χ2n) is 8.56. The Balaban J connectivity index is 1.49. The Morgan fingerprint density at radius 1 is 1.15 bits per heavy atom. The molecule has 2 aromatic rings. The van der Waals surface area contributed by atoms with Gasteiger partial charge in [0.05, 0.1) is 18.8 Å². The van der Waals surface area contributed by atoms with Crippen molar-refractivity contribution in [3.8, 4) is 0 Å². The molecule has 2 heterocycles. The standard InChI is InChI=1S/C25H34ClN5O3/c1-19-5-7-21(8-6-19)17-31-25(26)22(20(2)28-31)9-10-24(33)30-14-12-29(13-15-30)18-23(32)27-11-4-16-34-3/h5-10H,4,11-18H2,1-3H3,(H,27,32)/b10-9+. The molecule has 34 heavy (non-hydrogen) atoms. The predicted octanol–water partition coefficient (Wildman–Crippen LogP) is 2.51. The number of halogens is 1. The molecule has 0 radical (unpaired) electrons. The minimum absolute atomic E-state index is 0.00328. The third-order valence-corrected chi connectivity index (χ3v) is 6.25. The first-order chi connectivity index (χ1) is 16.4. The summed E-state index contributed by atoms with van der Waals surface area (Å²) >= 11 is 6.57. The Morgan fingerprint density at radius 2 is 1.85 bits per heavy atom. The highest BCUT2D eigenvalue weighted by Gasteiger charge is 2.21. The van der Waals surface area contributed by atoms with Gasteiger partial charge in [-0.25, -0.2) is 4.68 Å². The zero-order chi connectivity index (χ0) is 24.5. The van der Waals surface area contributed by atoms with Gasteiger partial charge in [-0.1, -0.05) is 41.4 Å². The molecule has 2 amide bonds. The van der Waals surface area contributed by atoms with Crippen LogP contribution in [0.1, 0.15) is 28.8 Å². The Bertz CT molecular complexity index is 995. The number of ether oxygens (including phenoxy) is 1. The number of hydrogen-bond donors (Lipinski definition) is 1. The van der Waals surface area contributed by atoms with Gasteiger partial charge in [0.15, 0.2) is 0 Å². The maximum atomic E-state index is 12.7. The van der Waals surface area contributed by atoms with Crippen molar-refractivity contribution in [3.05, 3.63) is 57.9 Å². The van der Waals surface area contributed by atoms with Crippen molar-refractivity contribution in [2.24, 2.45) is 0 Å². The van der Waals surface area contributed by atoms with Gasteiger partial charge in [0.1, 0.15) is 5.15 Å². The SMILES string of the molecule is COCCCNC(=O)CN1CCN(C(=O)/C=C/c2c(C)nn(Cc3ccc(C)cc3)c2Cl)CC1. The molecular formula is C25H34ClN5O3. The van der Waals surface area contributed by atoms with Crippen LogP contribution in [-0.2, 0) is 20.9 Å². The predicted molar refractivity (Wildman–Crippen MR) is 134 cm³/mol. The van der Waals surface area contributed by atoms with E-state index < -0.39 is 0 Å². The second kappa shape index (κ2) is 12.7. The van der Waals surface area contributed by atoms with Crippen molar-refractivity contribution in [3.63, 3.8) is 0 Å². The quantitative estimate of drug-likeness (QED) is 0.411. The lowest BCUT2D eigenvalue weighted by Gasteiger charge is -2.33. The summed E-state index contributed by atoms with van der Waals surface area (Å²) in [6.07, 6.45) is 4.11. The highest BCUT2D eigenvalue weighted by molar-refractivity contribution is 6.31. The number of carbonyl (C=O) groups excluding carboxylic acids is 2. The summed E-state index contributed by atoms with van der Waals surface area (Å²) in [5, 5.41) is 7.96. The maximum Gasteiger partial charge on any atom is 0.246 e. The van der Waals surface area contributed by atoms with Crippen LogP contribution >= 0.6 is 11.6 Å². The van der Waals surface area contributed by atoms with Crippen LogP contribution in [0.5, 0.6) is 0 Å². The van der Waals surface area contributed by atoms with E-state index in [4.69, 9.17) is 16.3 Å². The monoisotopic (exact) mass is 487 g/mol. The molecule has 0 atom stereocenters. The molecule has 3 rings (SSSR count).